The third-order valence-electron chi connectivity index (χ3n) is 6.64. The summed E-state index contributed by atoms with van der Waals surface area (Å²) >= 11 is 0. The maximum absolute atomic E-state index is 12.9. The second-order valence-corrected chi connectivity index (χ2v) is 8.67. The summed E-state index contributed by atoms with van der Waals surface area (Å²) in [6, 6.07) is 20.0. The number of carbonyl (C=O) groups excluding carboxylic acids is 2. The number of carbonyl (C=O) groups is 2. The first-order valence-electron chi connectivity index (χ1n) is 11.6. The SMILES string of the molecule is CCOC(=O)C1(c2ccccc2)CCN(CC[C@@H]2CN(Cc3ccccc3)C(=O)O2)CC1. The van der Waals surface area contributed by atoms with Crippen molar-refractivity contribution >= 4 is 12.1 Å². The molecule has 0 radical (unpaired) electrons. The predicted molar refractivity (Wildman–Crippen MR) is 122 cm³/mol. The van der Waals surface area contributed by atoms with E-state index < -0.39 is 5.41 Å². The van der Waals surface area contributed by atoms with Crippen LogP contribution in [0, 0.1) is 0 Å². The lowest BCUT2D eigenvalue weighted by atomic mass is 9.72. The molecule has 2 fully saturated rings. The molecule has 2 heterocycles. The van der Waals surface area contributed by atoms with Crippen molar-refractivity contribution in [2.24, 2.45) is 0 Å². The van der Waals surface area contributed by atoms with Crippen LogP contribution in [-0.4, -0.2) is 60.8 Å². The maximum atomic E-state index is 12.9. The largest absolute Gasteiger partial charge is 0.465 e. The van der Waals surface area contributed by atoms with Gasteiger partial charge in [0.05, 0.1) is 18.6 Å². The van der Waals surface area contributed by atoms with Crippen LogP contribution < -0.4 is 0 Å². The number of piperidine rings is 1. The molecule has 2 aromatic rings. The molecule has 0 aromatic heterocycles. The van der Waals surface area contributed by atoms with Gasteiger partial charge in [0.25, 0.3) is 0 Å². The van der Waals surface area contributed by atoms with Crippen molar-refractivity contribution in [3.05, 3.63) is 71.8 Å². The molecule has 0 N–H and O–H groups in total. The van der Waals surface area contributed by atoms with Gasteiger partial charge in [-0.3, -0.25) is 4.79 Å². The van der Waals surface area contributed by atoms with Crippen LogP contribution in [0.5, 0.6) is 0 Å². The van der Waals surface area contributed by atoms with Gasteiger partial charge in [0.15, 0.2) is 0 Å². The van der Waals surface area contributed by atoms with Crippen LogP contribution in [0.25, 0.3) is 0 Å². The van der Waals surface area contributed by atoms with Gasteiger partial charge >= 0.3 is 12.1 Å². The second-order valence-electron chi connectivity index (χ2n) is 8.67. The molecule has 0 aliphatic carbocycles. The first kappa shape index (κ1) is 22.3. The minimum absolute atomic E-state index is 0.0860. The highest BCUT2D eigenvalue weighted by Crippen LogP contribution is 2.37. The summed E-state index contributed by atoms with van der Waals surface area (Å²) in [4.78, 5) is 29.3. The highest BCUT2D eigenvalue weighted by Gasteiger charge is 2.44. The number of likely N-dealkylation sites (tertiary alicyclic amines) is 1. The minimum atomic E-state index is -0.569. The summed E-state index contributed by atoms with van der Waals surface area (Å²) in [6.07, 6.45) is 1.95. The van der Waals surface area contributed by atoms with E-state index in [9.17, 15) is 9.59 Å². The lowest BCUT2D eigenvalue weighted by Crippen LogP contribution is -2.48. The van der Waals surface area contributed by atoms with E-state index in [0.29, 0.717) is 19.7 Å². The minimum Gasteiger partial charge on any atom is -0.465 e. The fourth-order valence-corrected chi connectivity index (χ4v) is 4.78. The first-order chi connectivity index (χ1) is 15.6. The van der Waals surface area contributed by atoms with E-state index in [2.05, 4.69) is 4.90 Å². The summed E-state index contributed by atoms with van der Waals surface area (Å²) < 4.78 is 11.1. The molecule has 0 unspecified atom stereocenters. The Morgan fingerprint density at radius 1 is 1.06 bits per heavy atom. The molecule has 0 bridgehead atoms. The van der Waals surface area contributed by atoms with Crippen molar-refractivity contribution < 1.29 is 19.1 Å². The van der Waals surface area contributed by atoms with Crippen molar-refractivity contribution in [2.45, 2.75) is 44.2 Å². The number of cyclic esters (lactones) is 1. The molecule has 1 atom stereocenters. The lowest BCUT2D eigenvalue weighted by Gasteiger charge is -2.40. The van der Waals surface area contributed by atoms with Crippen molar-refractivity contribution in [1.29, 1.82) is 0 Å². The normalized spacial score (nSPS) is 20.7. The standard InChI is InChI=1S/C26H32N2O4/c1-2-31-24(29)26(22-11-7-4-8-12-22)14-17-27(18-15-26)16-13-23-20-28(25(30)32-23)19-21-9-5-3-6-10-21/h3-12,23H,2,13-20H2,1H3/t23-/m1/s1. The molecule has 1 amide bonds. The van der Waals surface area contributed by atoms with E-state index in [1.54, 1.807) is 4.90 Å². The molecule has 0 spiro atoms. The fraction of sp³-hybridized carbons (Fsp3) is 0.462. The monoisotopic (exact) mass is 436 g/mol. The Labute approximate surface area is 190 Å². The Kier molecular flexibility index (Phi) is 7.10. The van der Waals surface area contributed by atoms with E-state index in [0.717, 1.165) is 50.0 Å². The van der Waals surface area contributed by atoms with E-state index in [-0.39, 0.29) is 18.2 Å². The zero-order valence-corrected chi connectivity index (χ0v) is 18.7. The Hall–Kier alpha value is -2.86. The molecule has 2 aromatic carbocycles. The molecule has 0 saturated carbocycles. The molecule has 6 nitrogen and oxygen atoms in total. The lowest BCUT2D eigenvalue weighted by molar-refractivity contribution is -0.152. The van der Waals surface area contributed by atoms with Crippen LogP contribution in [0.1, 0.15) is 37.3 Å². The van der Waals surface area contributed by atoms with Gasteiger partial charge in [0.2, 0.25) is 0 Å². The van der Waals surface area contributed by atoms with Crippen LogP contribution in [-0.2, 0) is 26.2 Å². The highest BCUT2D eigenvalue weighted by molar-refractivity contribution is 5.83. The van der Waals surface area contributed by atoms with Crippen LogP contribution in [0.15, 0.2) is 60.7 Å². The van der Waals surface area contributed by atoms with Crippen LogP contribution >= 0.6 is 0 Å². The molecule has 32 heavy (non-hydrogen) atoms. The number of benzene rings is 2. The zero-order valence-electron chi connectivity index (χ0n) is 18.7. The van der Waals surface area contributed by atoms with E-state index in [4.69, 9.17) is 9.47 Å². The van der Waals surface area contributed by atoms with Gasteiger partial charge in [0, 0.05) is 13.1 Å². The summed E-state index contributed by atoms with van der Waals surface area (Å²) in [6.45, 7) is 5.95. The van der Waals surface area contributed by atoms with E-state index in [1.807, 2.05) is 67.6 Å². The zero-order chi connectivity index (χ0) is 22.4. The third-order valence-corrected chi connectivity index (χ3v) is 6.64. The molecule has 2 aliphatic rings. The Balaban J connectivity index is 1.30. The molecule has 6 heteroatoms. The highest BCUT2D eigenvalue weighted by atomic mass is 16.6. The Morgan fingerprint density at radius 3 is 2.38 bits per heavy atom. The second kappa shape index (κ2) is 10.2. The van der Waals surface area contributed by atoms with Gasteiger partial charge in [0.1, 0.15) is 6.10 Å². The van der Waals surface area contributed by atoms with Gasteiger partial charge < -0.3 is 19.3 Å². The van der Waals surface area contributed by atoms with E-state index >= 15 is 0 Å². The number of hydrogen-bond acceptors (Lipinski definition) is 5. The van der Waals surface area contributed by atoms with Gasteiger partial charge in [-0.25, -0.2) is 4.79 Å². The van der Waals surface area contributed by atoms with Gasteiger partial charge in [-0.05, 0) is 50.4 Å². The van der Waals surface area contributed by atoms with Gasteiger partial charge in [-0.2, -0.15) is 0 Å². The quantitative estimate of drug-likeness (QED) is 0.586. The van der Waals surface area contributed by atoms with Crippen molar-refractivity contribution in [3.8, 4) is 0 Å². The van der Waals surface area contributed by atoms with Gasteiger partial charge in [-0.1, -0.05) is 60.7 Å². The summed E-state index contributed by atoms with van der Waals surface area (Å²) in [5.74, 6) is -0.118. The number of amides is 1. The number of esters is 1. The number of ether oxygens (including phenoxy) is 2. The number of hydrogen-bond donors (Lipinski definition) is 0. The third kappa shape index (κ3) is 4.96. The van der Waals surface area contributed by atoms with Crippen LogP contribution in [0.2, 0.25) is 0 Å². The average Bonchev–Trinajstić information content (AvgIpc) is 3.18. The van der Waals surface area contributed by atoms with Gasteiger partial charge in [-0.15, -0.1) is 0 Å². The Bertz CT molecular complexity index is 895. The van der Waals surface area contributed by atoms with Crippen LogP contribution in [0.4, 0.5) is 4.79 Å². The predicted octanol–water partition coefficient (Wildman–Crippen LogP) is 3.99. The number of nitrogens with zero attached hydrogens (tertiary/aromatic N) is 2. The maximum Gasteiger partial charge on any atom is 0.410 e. The molecular weight excluding hydrogens is 404 g/mol. The Morgan fingerprint density at radius 2 is 1.72 bits per heavy atom. The van der Waals surface area contributed by atoms with Crippen molar-refractivity contribution in [2.75, 3.05) is 32.8 Å². The summed E-state index contributed by atoms with van der Waals surface area (Å²) in [7, 11) is 0. The molecular formula is C26H32N2O4. The van der Waals surface area contributed by atoms with Crippen molar-refractivity contribution in [3.63, 3.8) is 0 Å². The summed E-state index contributed by atoms with van der Waals surface area (Å²) in [5, 5.41) is 0. The number of rotatable bonds is 8. The molecule has 4 rings (SSSR count). The fourth-order valence-electron chi connectivity index (χ4n) is 4.78. The van der Waals surface area contributed by atoms with Crippen LogP contribution in [0.3, 0.4) is 0 Å². The average molecular weight is 437 g/mol. The van der Waals surface area contributed by atoms with E-state index in [1.165, 1.54) is 0 Å². The molecule has 170 valence electrons. The smallest absolute Gasteiger partial charge is 0.410 e. The molecule has 2 saturated heterocycles. The van der Waals surface area contributed by atoms with Crippen molar-refractivity contribution in [1.82, 2.24) is 9.80 Å². The topological polar surface area (TPSA) is 59.1 Å². The summed E-state index contributed by atoms with van der Waals surface area (Å²) in [5.41, 5.74) is 1.58. The first-order valence-corrected chi connectivity index (χ1v) is 11.6. The molecule has 2 aliphatic heterocycles.